The largest absolute Gasteiger partial charge is 0.418 e. The Labute approximate surface area is 90.3 Å². The second-order valence-electron chi connectivity index (χ2n) is 3.77. The summed E-state index contributed by atoms with van der Waals surface area (Å²) in [4.78, 5) is 11.6. The Balaban J connectivity index is 2.67. The summed E-state index contributed by atoms with van der Waals surface area (Å²) in [6.07, 6.45) is 0. The van der Waals surface area contributed by atoms with Gasteiger partial charge < -0.3 is 4.42 Å². The van der Waals surface area contributed by atoms with Crippen molar-refractivity contribution in [3.05, 3.63) is 40.0 Å². The Morgan fingerprint density at radius 3 is 2.88 bits per heavy atom. The Bertz CT molecular complexity index is 755. The first kappa shape index (κ1) is 9.08. The van der Waals surface area contributed by atoms with Gasteiger partial charge in [0.1, 0.15) is 5.82 Å². The maximum Gasteiger partial charge on any atom is 0.382 e. The second kappa shape index (κ2) is 2.91. The van der Waals surface area contributed by atoms with Crippen molar-refractivity contribution in [2.24, 2.45) is 0 Å². The van der Waals surface area contributed by atoms with Crippen LogP contribution in [0.4, 0.5) is 0 Å². The second-order valence-corrected chi connectivity index (χ2v) is 3.77. The molecule has 0 aliphatic rings. The van der Waals surface area contributed by atoms with E-state index in [4.69, 9.17) is 4.42 Å². The maximum absolute atomic E-state index is 11.6. The third-order valence-electron chi connectivity index (χ3n) is 2.57. The summed E-state index contributed by atoms with van der Waals surface area (Å²) < 4.78 is 6.90. The van der Waals surface area contributed by atoms with Gasteiger partial charge in [-0.05, 0) is 31.5 Å². The van der Waals surface area contributed by atoms with Gasteiger partial charge in [-0.15, -0.1) is 10.2 Å². The number of aromatic nitrogens is 3. The molecule has 0 radical (unpaired) electrons. The number of fused-ring (bicyclic) bond motifs is 3. The third-order valence-corrected chi connectivity index (χ3v) is 2.57. The van der Waals surface area contributed by atoms with Gasteiger partial charge >= 0.3 is 5.63 Å². The van der Waals surface area contributed by atoms with Gasteiger partial charge in [0.2, 0.25) is 5.65 Å². The molecular formula is C11H9N3O2. The van der Waals surface area contributed by atoms with Crippen LogP contribution in [0.25, 0.3) is 16.7 Å². The van der Waals surface area contributed by atoms with Crippen LogP contribution < -0.4 is 5.63 Å². The topological polar surface area (TPSA) is 60.4 Å². The standard InChI is InChI=1S/C11H9N3O2/c1-6-3-4-8-9(5-6)16-11(15)10-13-12-7(2)14(8)10/h3-5H,1-2H3. The van der Waals surface area contributed by atoms with Crippen molar-refractivity contribution in [3.8, 4) is 0 Å². The molecule has 3 aromatic rings. The van der Waals surface area contributed by atoms with Crippen molar-refractivity contribution in [1.82, 2.24) is 14.6 Å². The van der Waals surface area contributed by atoms with E-state index >= 15 is 0 Å². The lowest BCUT2D eigenvalue weighted by atomic mass is 10.2. The quantitative estimate of drug-likeness (QED) is 0.569. The van der Waals surface area contributed by atoms with Gasteiger partial charge in [-0.25, -0.2) is 4.79 Å². The lowest BCUT2D eigenvalue weighted by Gasteiger charge is -2.01. The van der Waals surface area contributed by atoms with Crippen LogP contribution in [0.2, 0.25) is 0 Å². The van der Waals surface area contributed by atoms with Crippen LogP contribution in [0, 0.1) is 13.8 Å². The highest BCUT2D eigenvalue weighted by Gasteiger charge is 2.11. The van der Waals surface area contributed by atoms with Crippen molar-refractivity contribution >= 4 is 16.7 Å². The van der Waals surface area contributed by atoms with Gasteiger partial charge in [-0.3, -0.25) is 4.40 Å². The van der Waals surface area contributed by atoms with Crippen molar-refractivity contribution in [3.63, 3.8) is 0 Å². The molecule has 0 bridgehead atoms. The molecule has 0 aliphatic heterocycles. The predicted octanol–water partition coefficient (Wildman–Crippen LogP) is 1.45. The molecule has 16 heavy (non-hydrogen) atoms. The van der Waals surface area contributed by atoms with Gasteiger partial charge in [0.15, 0.2) is 5.58 Å². The first-order valence-corrected chi connectivity index (χ1v) is 4.92. The number of aryl methyl sites for hydroxylation is 2. The Hall–Kier alpha value is -2.17. The monoisotopic (exact) mass is 215 g/mol. The maximum atomic E-state index is 11.6. The highest BCUT2D eigenvalue weighted by Crippen LogP contribution is 2.16. The van der Waals surface area contributed by atoms with Crippen LogP contribution in [0.15, 0.2) is 27.4 Å². The number of hydrogen-bond acceptors (Lipinski definition) is 4. The Kier molecular flexibility index (Phi) is 1.65. The van der Waals surface area contributed by atoms with Crippen LogP contribution in [-0.2, 0) is 0 Å². The summed E-state index contributed by atoms with van der Waals surface area (Å²) in [5, 5.41) is 7.68. The van der Waals surface area contributed by atoms with Gasteiger partial charge in [-0.1, -0.05) is 6.07 Å². The molecule has 0 saturated heterocycles. The van der Waals surface area contributed by atoms with E-state index in [0.29, 0.717) is 11.4 Å². The minimum Gasteiger partial charge on any atom is -0.418 e. The predicted molar refractivity (Wildman–Crippen MR) is 58.5 cm³/mol. The van der Waals surface area contributed by atoms with E-state index < -0.39 is 5.63 Å². The summed E-state index contributed by atoms with van der Waals surface area (Å²) >= 11 is 0. The van der Waals surface area contributed by atoms with Crippen LogP contribution >= 0.6 is 0 Å². The molecular weight excluding hydrogens is 206 g/mol. The Morgan fingerprint density at radius 2 is 2.06 bits per heavy atom. The zero-order valence-electron chi connectivity index (χ0n) is 8.89. The van der Waals surface area contributed by atoms with E-state index in [0.717, 1.165) is 11.1 Å². The van der Waals surface area contributed by atoms with E-state index in [-0.39, 0.29) is 5.65 Å². The number of nitrogens with zero attached hydrogens (tertiary/aromatic N) is 3. The summed E-state index contributed by atoms with van der Waals surface area (Å²) in [6, 6.07) is 5.69. The molecule has 2 aromatic heterocycles. The lowest BCUT2D eigenvalue weighted by Crippen LogP contribution is -2.06. The van der Waals surface area contributed by atoms with Crippen LogP contribution in [0.1, 0.15) is 11.4 Å². The van der Waals surface area contributed by atoms with Crippen molar-refractivity contribution in [2.75, 3.05) is 0 Å². The molecule has 0 N–H and O–H groups in total. The van der Waals surface area contributed by atoms with Crippen molar-refractivity contribution < 1.29 is 4.42 Å². The summed E-state index contributed by atoms with van der Waals surface area (Å²) in [7, 11) is 0. The lowest BCUT2D eigenvalue weighted by molar-refractivity contribution is 0.559. The van der Waals surface area contributed by atoms with Crippen LogP contribution in [0.3, 0.4) is 0 Å². The van der Waals surface area contributed by atoms with E-state index in [9.17, 15) is 4.79 Å². The van der Waals surface area contributed by atoms with Gasteiger partial charge in [0.05, 0.1) is 5.52 Å². The highest BCUT2D eigenvalue weighted by atomic mass is 16.4. The normalized spacial score (nSPS) is 11.4. The summed E-state index contributed by atoms with van der Waals surface area (Å²) in [6.45, 7) is 3.75. The first-order valence-electron chi connectivity index (χ1n) is 4.92. The summed E-state index contributed by atoms with van der Waals surface area (Å²) in [5.74, 6) is 0.678. The molecule has 2 heterocycles. The fraction of sp³-hybridized carbons (Fsp3) is 0.182. The molecule has 0 spiro atoms. The van der Waals surface area contributed by atoms with Crippen molar-refractivity contribution in [1.29, 1.82) is 0 Å². The molecule has 0 atom stereocenters. The zero-order chi connectivity index (χ0) is 11.3. The molecule has 0 aliphatic carbocycles. The van der Waals surface area contributed by atoms with Gasteiger partial charge in [0.25, 0.3) is 0 Å². The molecule has 0 amide bonds. The number of rotatable bonds is 0. The first-order chi connectivity index (χ1) is 7.66. The van der Waals surface area contributed by atoms with Crippen molar-refractivity contribution in [2.45, 2.75) is 13.8 Å². The third kappa shape index (κ3) is 1.08. The molecule has 5 nitrogen and oxygen atoms in total. The van der Waals surface area contributed by atoms with E-state index in [2.05, 4.69) is 10.2 Å². The minimum absolute atomic E-state index is 0.230. The molecule has 1 aromatic carbocycles. The zero-order valence-corrected chi connectivity index (χ0v) is 8.89. The minimum atomic E-state index is -0.460. The van der Waals surface area contributed by atoms with Gasteiger partial charge in [0, 0.05) is 0 Å². The fourth-order valence-corrected chi connectivity index (χ4v) is 1.82. The van der Waals surface area contributed by atoms with Crippen LogP contribution in [-0.4, -0.2) is 14.6 Å². The molecule has 0 unspecified atom stereocenters. The fourth-order valence-electron chi connectivity index (χ4n) is 1.82. The average molecular weight is 215 g/mol. The van der Waals surface area contributed by atoms with Crippen LogP contribution in [0.5, 0.6) is 0 Å². The SMILES string of the molecule is Cc1ccc2c(c1)oc(=O)c1nnc(C)n12. The highest BCUT2D eigenvalue weighted by molar-refractivity contribution is 5.75. The molecule has 3 rings (SSSR count). The van der Waals surface area contributed by atoms with E-state index in [1.807, 2.05) is 25.1 Å². The van der Waals surface area contributed by atoms with E-state index in [1.54, 1.807) is 11.3 Å². The molecule has 5 heteroatoms. The number of benzene rings is 1. The average Bonchev–Trinajstić information content (AvgIpc) is 2.61. The molecule has 80 valence electrons. The van der Waals surface area contributed by atoms with Gasteiger partial charge in [-0.2, -0.15) is 0 Å². The Morgan fingerprint density at radius 1 is 1.25 bits per heavy atom. The van der Waals surface area contributed by atoms with E-state index in [1.165, 1.54) is 0 Å². The molecule has 0 fully saturated rings. The molecule has 0 saturated carbocycles. The number of hydrogen-bond donors (Lipinski definition) is 0. The summed E-state index contributed by atoms with van der Waals surface area (Å²) in [5.41, 5.74) is 2.18. The smallest absolute Gasteiger partial charge is 0.382 e.